The molecule has 0 unspecified atom stereocenters. The molecule has 0 amide bonds. The Balaban J connectivity index is 2.30. The predicted octanol–water partition coefficient (Wildman–Crippen LogP) is 3.34. The summed E-state index contributed by atoms with van der Waals surface area (Å²) in [7, 11) is 0. The van der Waals surface area contributed by atoms with Gasteiger partial charge in [-0.2, -0.15) is 0 Å². The Labute approximate surface area is 104 Å². The van der Waals surface area contributed by atoms with Gasteiger partial charge in [0.05, 0.1) is 5.69 Å². The first-order chi connectivity index (χ1) is 8.13. The fourth-order valence-corrected chi connectivity index (χ4v) is 2.90. The number of nitrogens with zero attached hydrogens (tertiary/aromatic N) is 2. The molecule has 0 spiro atoms. The molecule has 1 aromatic rings. The van der Waals surface area contributed by atoms with Crippen molar-refractivity contribution in [2.75, 3.05) is 5.73 Å². The van der Waals surface area contributed by atoms with E-state index in [0.717, 1.165) is 24.5 Å². The molecule has 1 aromatic heterocycles. The summed E-state index contributed by atoms with van der Waals surface area (Å²) in [6.45, 7) is 7.55. The van der Waals surface area contributed by atoms with Crippen LogP contribution in [0.3, 0.4) is 0 Å². The fourth-order valence-electron chi connectivity index (χ4n) is 2.90. The summed E-state index contributed by atoms with van der Waals surface area (Å²) < 4.78 is 2.23. The quantitative estimate of drug-likeness (QED) is 0.869. The first-order valence-corrected chi connectivity index (χ1v) is 6.98. The van der Waals surface area contributed by atoms with Gasteiger partial charge in [-0.1, -0.05) is 26.7 Å². The minimum Gasteiger partial charge on any atom is -0.384 e. The highest BCUT2D eigenvalue weighted by Gasteiger charge is 2.24. The summed E-state index contributed by atoms with van der Waals surface area (Å²) in [5, 5.41) is 0. The monoisotopic (exact) mass is 235 g/mol. The third-order valence-electron chi connectivity index (χ3n) is 3.75. The van der Waals surface area contributed by atoms with Gasteiger partial charge >= 0.3 is 0 Å². The van der Waals surface area contributed by atoms with E-state index in [-0.39, 0.29) is 0 Å². The van der Waals surface area contributed by atoms with E-state index in [1.807, 2.05) is 0 Å². The van der Waals surface area contributed by atoms with Gasteiger partial charge in [-0.3, -0.25) is 0 Å². The maximum atomic E-state index is 6.23. The zero-order valence-electron chi connectivity index (χ0n) is 11.4. The lowest BCUT2D eigenvalue weighted by Gasteiger charge is -2.11. The van der Waals surface area contributed by atoms with Crippen LogP contribution in [0.4, 0.5) is 5.82 Å². The summed E-state index contributed by atoms with van der Waals surface area (Å²) in [6, 6.07) is 0. The molecule has 1 aliphatic carbocycles. The lowest BCUT2D eigenvalue weighted by atomic mass is 10.1. The molecule has 0 bridgehead atoms. The highest BCUT2D eigenvalue weighted by molar-refractivity contribution is 5.39. The molecule has 1 saturated carbocycles. The number of aromatic nitrogens is 2. The molecule has 2 N–H and O–H groups in total. The van der Waals surface area contributed by atoms with Gasteiger partial charge < -0.3 is 10.3 Å². The van der Waals surface area contributed by atoms with Gasteiger partial charge in [0, 0.05) is 12.5 Å². The number of nitrogen functional groups attached to an aromatic ring is 1. The van der Waals surface area contributed by atoms with Crippen molar-refractivity contribution in [2.24, 2.45) is 5.92 Å². The van der Waals surface area contributed by atoms with Gasteiger partial charge in [0.1, 0.15) is 11.6 Å². The molecule has 3 heteroatoms. The Morgan fingerprint density at radius 1 is 1.35 bits per heavy atom. The normalized spacial score (nSPS) is 17.2. The molecule has 0 saturated heterocycles. The van der Waals surface area contributed by atoms with Gasteiger partial charge in [0.2, 0.25) is 0 Å². The average Bonchev–Trinajstić information content (AvgIpc) is 2.87. The number of imidazole rings is 1. The summed E-state index contributed by atoms with van der Waals surface area (Å²) in [5.41, 5.74) is 7.35. The molecular weight excluding hydrogens is 210 g/mol. The molecule has 0 radical (unpaired) electrons. The summed E-state index contributed by atoms with van der Waals surface area (Å²) in [6.07, 6.45) is 6.27. The van der Waals surface area contributed by atoms with Crippen molar-refractivity contribution in [3.8, 4) is 0 Å². The van der Waals surface area contributed by atoms with E-state index in [1.165, 1.54) is 31.5 Å². The van der Waals surface area contributed by atoms with Crippen LogP contribution in [0.1, 0.15) is 63.9 Å². The summed E-state index contributed by atoms with van der Waals surface area (Å²) in [5.74, 6) is 3.42. The van der Waals surface area contributed by atoms with Crippen LogP contribution < -0.4 is 5.73 Å². The van der Waals surface area contributed by atoms with Crippen LogP contribution in [0, 0.1) is 5.92 Å². The van der Waals surface area contributed by atoms with Gasteiger partial charge in [-0.05, 0) is 32.1 Å². The van der Waals surface area contributed by atoms with Crippen LogP contribution in [0.5, 0.6) is 0 Å². The number of rotatable bonds is 4. The third kappa shape index (κ3) is 2.48. The van der Waals surface area contributed by atoms with E-state index in [1.54, 1.807) is 0 Å². The Kier molecular flexibility index (Phi) is 3.75. The highest BCUT2D eigenvalue weighted by Crippen LogP contribution is 2.35. The molecule has 0 aromatic carbocycles. The SMILES string of the molecule is CCn1c(C2CCCC2)nc(CC(C)C)c1N. The average molecular weight is 235 g/mol. The Hall–Kier alpha value is -0.990. The largest absolute Gasteiger partial charge is 0.384 e. The third-order valence-corrected chi connectivity index (χ3v) is 3.75. The van der Waals surface area contributed by atoms with E-state index >= 15 is 0 Å². The molecule has 96 valence electrons. The Morgan fingerprint density at radius 3 is 2.53 bits per heavy atom. The number of anilines is 1. The van der Waals surface area contributed by atoms with Crippen molar-refractivity contribution in [1.82, 2.24) is 9.55 Å². The van der Waals surface area contributed by atoms with E-state index in [4.69, 9.17) is 10.7 Å². The lowest BCUT2D eigenvalue weighted by Crippen LogP contribution is -2.08. The van der Waals surface area contributed by atoms with E-state index in [2.05, 4.69) is 25.3 Å². The smallest absolute Gasteiger partial charge is 0.126 e. The second kappa shape index (κ2) is 5.11. The highest BCUT2D eigenvalue weighted by atomic mass is 15.1. The molecule has 0 aliphatic heterocycles. The van der Waals surface area contributed by atoms with Crippen molar-refractivity contribution in [1.29, 1.82) is 0 Å². The van der Waals surface area contributed by atoms with Crippen molar-refractivity contribution in [2.45, 2.75) is 65.3 Å². The molecule has 0 atom stereocenters. The van der Waals surface area contributed by atoms with Gasteiger partial charge in [0.15, 0.2) is 0 Å². The fraction of sp³-hybridized carbons (Fsp3) is 0.786. The first-order valence-electron chi connectivity index (χ1n) is 6.98. The van der Waals surface area contributed by atoms with Crippen LogP contribution in [0.2, 0.25) is 0 Å². The number of nitrogens with two attached hydrogens (primary N) is 1. The lowest BCUT2D eigenvalue weighted by molar-refractivity contribution is 0.601. The van der Waals surface area contributed by atoms with Crippen LogP contribution in [-0.4, -0.2) is 9.55 Å². The number of hydrogen-bond donors (Lipinski definition) is 1. The van der Waals surface area contributed by atoms with Crippen molar-refractivity contribution in [3.63, 3.8) is 0 Å². The minimum atomic E-state index is 0.619. The van der Waals surface area contributed by atoms with Gasteiger partial charge in [-0.25, -0.2) is 4.98 Å². The topological polar surface area (TPSA) is 43.8 Å². The maximum absolute atomic E-state index is 6.23. The van der Waals surface area contributed by atoms with E-state index in [0.29, 0.717) is 11.8 Å². The summed E-state index contributed by atoms with van der Waals surface area (Å²) in [4.78, 5) is 4.84. The van der Waals surface area contributed by atoms with Crippen LogP contribution >= 0.6 is 0 Å². The molecule has 17 heavy (non-hydrogen) atoms. The minimum absolute atomic E-state index is 0.619. The molecule has 1 aliphatic rings. The molecule has 1 heterocycles. The van der Waals surface area contributed by atoms with Crippen molar-refractivity contribution < 1.29 is 0 Å². The Bertz CT molecular complexity index is 373. The number of hydrogen-bond acceptors (Lipinski definition) is 2. The summed E-state index contributed by atoms with van der Waals surface area (Å²) >= 11 is 0. The van der Waals surface area contributed by atoms with Crippen LogP contribution in [-0.2, 0) is 13.0 Å². The maximum Gasteiger partial charge on any atom is 0.126 e. The van der Waals surface area contributed by atoms with Crippen molar-refractivity contribution >= 4 is 5.82 Å². The molecule has 2 rings (SSSR count). The van der Waals surface area contributed by atoms with Crippen molar-refractivity contribution in [3.05, 3.63) is 11.5 Å². The van der Waals surface area contributed by atoms with Crippen LogP contribution in [0.15, 0.2) is 0 Å². The molecule has 3 nitrogen and oxygen atoms in total. The van der Waals surface area contributed by atoms with Crippen LogP contribution in [0.25, 0.3) is 0 Å². The zero-order valence-corrected chi connectivity index (χ0v) is 11.4. The second-order valence-electron chi connectivity index (χ2n) is 5.63. The standard InChI is InChI=1S/C14H25N3/c1-4-17-13(15)12(9-10(2)3)16-14(17)11-7-5-6-8-11/h10-11H,4-9,15H2,1-3H3. The molecule has 1 fully saturated rings. The molecular formula is C14H25N3. The zero-order chi connectivity index (χ0) is 12.4. The first kappa shape index (κ1) is 12.5. The van der Waals surface area contributed by atoms with Gasteiger partial charge in [-0.15, -0.1) is 0 Å². The second-order valence-corrected chi connectivity index (χ2v) is 5.63. The predicted molar refractivity (Wildman–Crippen MR) is 72.1 cm³/mol. The van der Waals surface area contributed by atoms with Gasteiger partial charge in [0.25, 0.3) is 0 Å². The van der Waals surface area contributed by atoms with E-state index in [9.17, 15) is 0 Å². The Morgan fingerprint density at radius 2 is 2.00 bits per heavy atom. The van der Waals surface area contributed by atoms with E-state index < -0.39 is 0 Å².